The topological polar surface area (TPSA) is 27.7 Å². The summed E-state index contributed by atoms with van der Waals surface area (Å²) >= 11 is 0. The molecule has 4 rings (SSSR count). The fourth-order valence-corrected chi connectivity index (χ4v) is 3.57. The number of aryl methyl sites for hydroxylation is 1. The third kappa shape index (κ3) is 6.52. The molecule has 0 aliphatic heterocycles. The minimum absolute atomic E-state index is 0.0212. The molecule has 0 fully saturated rings. The van der Waals surface area contributed by atoms with E-state index >= 15 is 0 Å². The number of hydrogen-bond donors (Lipinski definition) is 0. The summed E-state index contributed by atoms with van der Waals surface area (Å²) in [7, 11) is 0. The van der Waals surface area contributed by atoms with E-state index in [0.717, 1.165) is 36.4 Å². The van der Waals surface area contributed by atoms with Crippen molar-refractivity contribution in [1.29, 1.82) is 0 Å². The molecule has 0 saturated heterocycles. The predicted molar refractivity (Wildman–Crippen MR) is 124 cm³/mol. The van der Waals surface area contributed by atoms with Gasteiger partial charge in [-0.25, -0.2) is 22.0 Å². The lowest BCUT2D eigenvalue weighted by atomic mass is 10.1. The van der Waals surface area contributed by atoms with Crippen LogP contribution in [-0.2, 0) is 18.3 Å². The fourth-order valence-electron chi connectivity index (χ4n) is 3.57. The van der Waals surface area contributed by atoms with Crippen molar-refractivity contribution in [1.82, 2.24) is 0 Å². The van der Waals surface area contributed by atoms with E-state index in [4.69, 9.17) is 0 Å². The molecule has 0 N–H and O–H groups in total. The molecule has 0 heterocycles. The molecule has 0 unspecified atom stereocenters. The maximum Gasteiger partial charge on any atom is 0.429 e. The summed E-state index contributed by atoms with van der Waals surface area (Å²) < 4.78 is 168. The molecule has 0 aliphatic rings. The van der Waals surface area contributed by atoms with Gasteiger partial charge in [-0.2, -0.15) is 26.3 Å². The zero-order valence-corrected chi connectivity index (χ0v) is 20.8. The Morgan fingerprint density at radius 3 is 1.36 bits per heavy atom. The molecule has 4 aromatic rings. The molecule has 4 aromatic carbocycles. The molecule has 0 amide bonds. The largest absolute Gasteiger partial charge is 0.429 e. The van der Waals surface area contributed by atoms with Crippen LogP contribution in [0.5, 0.6) is 17.2 Å². The van der Waals surface area contributed by atoms with Crippen molar-refractivity contribution in [3.05, 3.63) is 124 Å². The summed E-state index contributed by atoms with van der Waals surface area (Å²) in [5, 5.41) is 0. The monoisotopic (exact) mass is 608 g/mol. The lowest BCUT2D eigenvalue weighted by Gasteiger charge is -2.22. The van der Waals surface area contributed by atoms with Crippen LogP contribution in [0.4, 0.5) is 48.3 Å². The average Bonchev–Trinajstić information content (AvgIpc) is 2.87. The molecule has 222 valence electrons. The Balaban J connectivity index is 1.48. The van der Waals surface area contributed by atoms with Gasteiger partial charge in [-0.3, -0.25) is 0 Å². The summed E-state index contributed by atoms with van der Waals surface area (Å²) in [6, 6.07) is 6.72. The van der Waals surface area contributed by atoms with Crippen LogP contribution in [0.1, 0.15) is 22.3 Å². The number of alkyl halides is 6. The van der Waals surface area contributed by atoms with Gasteiger partial charge in [0.1, 0.15) is 28.9 Å². The highest BCUT2D eigenvalue weighted by Crippen LogP contribution is 2.39. The summed E-state index contributed by atoms with van der Waals surface area (Å²) in [6.45, 7) is 1.48. The molecule has 0 saturated carbocycles. The maximum absolute atomic E-state index is 14.7. The third-order valence-electron chi connectivity index (χ3n) is 5.58. The van der Waals surface area contributed by atoms with E-state index in [0.29, 0.717) is 11.6 Å². The molecule has 0 radical (unpaired) electrons. The second kappa shape index (κ2) is 11.1. The first kappa shape index (κ1) is 30.5. The first-order valence-corrected chi connectivity index (χ1v) is 11.5. The van der Waals surface area contributed by atoms with Gasteiger partial charge in [-0.15, -0.1) is 0 Å². The molecule has 14 heteroatoms. The zero-order valence-electron chi connectivity index (χ0n) is 20.8. The van der Waals surface area contributed by atoms with Gasteiger partial charge in [0.05, 0.1) is 16.7 Å². The Bertz CT molecular complexity index is 1580. The van der Waals surface area contributed by atoms with Crippen LogP contribution in [0.3, 0.4) is 0 Å². The fraction of sp³-hybridized carbons (Fsp3) is 0.143. The maximum atomic E-state index is 14.7. The zero-order chi connectivity index (χ0) is 31.0. The van der Waals surface area contributed by atoms with E-state index in [1.807, 2.05) is 0 Å². The van der Waals surface area contributed by atoms with E-state index in [1.165, 1.54) is 13.0 Å². The lowest BCUT2D eigenvalue weighted by molar-refractivity contribution is -0.190. The van der Waals surface area contributed by atoms with Gasteiger partial charge in [0.2, 0.25) is 0 Å². The smallest absolute Gasteiger partial charge is 0.429 e. The highest BCUT2D eigenvalue weighted by atomic mass is 19.3. The summed E-state index contributed by atoms with van der Waals surface area (Å²) in [5.74, 6) is -11.3. The first-order chi connectivity index (χ1) is 19.5. The van der Waals surface area contributed by atoms with Crippen molar-refractivity contribution in [3.8, 4) is 17.2 Å². The number of hydrogen-bond acceptors (Lipinski definition) is 3. The molecule has 3 nitrogen and oxygen atoms in total. The van der Waals surface area contributed by atoms with Crippen LogP contribution in [0.25, 0.3) is 0 Å². The van der Waals surface area contributed by atoms with Crippen molar-refractivity contribution >= 4 is 0 Å². The summed E-state index contributed by atoms with van der Waals surface area (Å²) in [4.78, 5) is 0. The molecule has 0 aromatic heterocycles. The first-order valence-electron chi connectivity index (χ1n) is 11.5. The SMILES string of the molecule is Cc1ccc(C(F)(F)Oc2ccc(OC(F)(F)c3ccc(C(F)(F)Oc4cc(F)c(F)c(F)c4)c(F)c3)cc2)c(F)c1. The third-order valence-corrected chi connectivity index (χ3v) is 5.58. The van der Waals surface area contributed by atoms with Gasteiger partial charge in [-0.05, 0) is 67.1 Å². The Morgan fingerprint density at radius 1 is 0.452 bits per heavy atom. The van der Waals surface area contributed by atoms with Crippen molar-refractivity contribution in [2.75, 3.05) is 0 Å². The number of benzene rings is 4. The van der Waals surface area contributed by atoms with E-state index in [9.17, 15) is 48.3 Å². The molecule has 42 heavy (non-hydrogen) atoms. The Morgan fingerprint density at radius 2 is 0.881 bits per heavy atom. The minimum atomic E-state index is -4.64. The molecule has 0 bridgehead atoms. The highest BCUT2D eigenvalue weighted by molar-refractivity contribution is 5.35. The van der Waals surface area contributed by atoms with Crippen molar-refractivity contribution in [3.63, 3.8) is 0 Å². The molecular weight excluding hydrogens is 593 g/mol. The number of halogens is 11. The van der Waals surface area contributed by atoms with E-state index in [-0.39, 0.29) is 24.3 Å². The van der Waals surface area contributed by atoms with Gasteiger partial charge in [0.15, 0.2) is 17.5 Å². The van der Waals surface area contributed by atoms with Gasteiger partial charge < -0.3 is 14.2 Å². The average molecular weight is 608 g/mol. The second-order valence-electron chi connectivity index (χ2n) is 8.71. The standard InChI is InChI=1S/C28H15F11O3/c1-14-2-8-19(21(29)10-14)27(36,37)41-17-6-4-16(5-7-17)40-26(34,35)15-3-9-20(22(30)11-15)28(38,39)42-18-12-23(31)25(33)24(32)13-18/h2-13H,1H3. The Hall–Kier alpha value is -4.49. The van der Waals surface area contributed by atoms with Crippen molar-refractivity contribution in [2.45, 2.75) is 25.2 Å². The van der Waals surface area contributed by atoms with E-state index < -0.39 is 81.4 Å². The minimum Gasteiger partial charge on any atom is -0.429 e. The van der Waals surface area contributed by atoms with Gasteiger partial charge in [-0.1, -0.05) is 6.07 Å². The van der Waals surface area contributed by atoms with Crippen molar-refractivity contribution in [2.24, 2.45) is 0 Å². The Labute approximate surface area is 229 Å². The predicted octanol–water partition coefficient (Wildman–Crippen LogP) is 9.08. The van der Waals surface area contributed by atoms with E-state index in [2.05, 4.69) is 14.2 Å². The number of ether oxygens (including phenoxy) is 3. The summed E-state index contributed by atoms with van der Waals surface area (Å²) in [6.07, 6.45) is -13.1. The Kier molecular flexibility index (Phi) is 8.03. The molecule has 0 spiro atoms. The normalized spacial score (nSPS) is 12.3. The van der Waals surface area contributed by atoms with Crippen LogP contribution in [0, 0.1) is 36.0 Å². The highest BCUT2D eigenvalue weighted by Gasteiger charge is 2.42. The second-order valence-corrected chi connectivity index (χ2v) is 8.71. The van der Waals surface area contributed by atoms with Crippen LogP contribution >= 0.6 is 0 Å². The van der Waals surface area contributed by atoms with Gasteiger partial charge >= 0.3 is 18.3 Å². The molecule has 0 atom stereocenters. The lowest BCUT2D eigenvalue weighted by Crippen LogP contribution is -2.26. The quantitative estimate of drug-likeness (QED) is 0.140. The van der Waals surface area contributed by atoms with Gasteiger partial charge in [0.25, 0.3) is 0 Å². The van der Waals surface area contributed by atoms with Gasteiger partial charge in [0, 0.05) is 12.1 Å². The van der Waals surface area contributed by atoms with Crippen molar-refractivity contribution < 1.29 is 62.5 Å². The van der Waals surface area contributed by atoms with E-state index in [1.54, 1.807) is 0 Å². The van der Waals surface area contributed by atoms with Crippen LogP contribution < -0.4 is 14.2 Å². The van der Waals surface area contributed by atoms with Crippen LogP contribution in [-0.4, -0.2) is 0 Å². The number of rotatable bonds is 9. The summed E-state index contributed by atoms with van der Waals surface area (Å²) in [5.41, 5.74) is -3.57. The van der Waals surface area contributed by atoms with Crippen LogP contribution in [0.2, 0.25) is 0 Å². The molecular formula is C28H15F11O3. The molecule has 0 aliphatic carbocycles. The van der Waals surface area contributed by atoms with Crippen LogP contribution in [0.15, 0.2) is 72.8 Å².